The van der Waals surface area contributed by atoms with Crippen LogP contribution < -0.4 is 5.32 Å². The number of hydrogen-bond acceptors (Lipinski definition) is 3. The van der Waals surface area contributed by atoms with Crippen LogP contribution in [0, 0.1) is 0 Å². The number of carbonyl (C=O) groups excluding carboxylic acids is 1. The first-order valence-electron chi connectivity index (χ1n) is 3.67. The van der Waals surface area contributed by atoms with E-state index >= 15 is 0 Å². The Balaban J connectivity index is 2.56. The number of carbonyl (C=O) groups is 2. The minimum atomic E-state index is -1.07. The molecular formula is C8H9NO4. The van der Waals surface area contributed by atoms with E-state index in [0.717, 1.165) is 0 Å². The molecule has 0 aliphatic heterocycles. The van der Waals surface area contributed by atoms with Crippen molar-refractivity contribution in [3.63, 3.8) is 0 Å². The fourth-order valence-electron chi connectivity index (χ4n) is 0.735. The van der Waals surface area contributed by atoms with Gasteiger partial charge in [-0.2, -0.15) is 0 Å². The van der Waals surface area contributed by atoms with E-state index in [-0.39, 0.29) is 0 Å². The summed E-state index contributed by atoms with van der Waals surface area (Å²) < 4.78 is 4.67. The second kappa shape index (κ2) is 3.75. The molecule has 1 aromatic rings. The molecule has 2 N–H and O–H groups in total. The first-order chi connectivity index (χ1) is 6.11. The van der Waals surface area contributed by atoms with Crippen LogP contribution in [-0.4, -0.2) is 23.0 Å². The van der Waals surface area contributed by atoms with Gasteiger partial charge in [0, 0.05) is 0 Å². The van der Waals surface area contributed by atoms with Crippen molar-refractivity contribution in [3.8, 4) is 0 Å². The van der Waals surface area contributed by atoms with Crippen LogP contribution in [0.1, 0.15) is 17.3 Å². The average Bonchev–Trinajstić information content (AvgIpc) is 2.55. The maximum absolute atomic E-state index is 11.2. The molecule has 13 heavy (non-hydrogen) atoms. The van der Waals surface area contributed by atoms with E-state index < -0.39 is 17.9 Å². The Morgan fingerprint density at radius 2 is 2.31 bits per heavy atom. The van der Waals surface area contributed by atoms with Gasteiger partial charge in [-0.3, -0.25) is 9.59 Å². The van der Waals surface area contributed by atoms with Crippen LogP contribution in [-0.2, 0) is 4.79 Å². The molecule has 1 aromatic heterocycles. The first-order valence-corrected chi connectivity index (χ1v) is 3.67. The number of rotatable bonds is 3. The fourth-order valence-corrected chi connectivity index (χ4v) is 0.735. The molecule has 0 unspecified atom stereocenters. The molecule has 0 fully saturated rings. The summed E-state index contributed by atoms with van der Waals surface area (Å²) in [5.74, 6) is -1.53. The van der Waals surface area contributed by atoms with Crippen LogP contribution in [0.15, 0.2) is 23.0 Å². The maximum atomic E-state index is 11.2. The first kappa shape index (κ1) is 9.31. The number of aliphatic carboxylic acids is 1. The standard InChI is InChI=1S/C8H9NO4/c1-5(8(11)12)9-7(10)6-2-3-13-4-6/h2-5H,1H3,(H,9,10)(H,11,12)/t5-/m1/s1. The molecule has 70 valence electrons. The van der Waals surface area contributed by atoms with Crippen LogP contribution in [0.3, 0.4) is 0 Å². The summed E-state index contributed by atoms with van der Waals surface area (Å²) in [7, 11) is 0. The average molecular weight is 183 g/mol. The Labute approximate surface area is 74.4 Å². The van der Waals surface area contributed by atoms with Gasteiger partial charge in [-0.25, -0.2) is 0 Å². The van der Waals surface area contributed by atoms with E-state index in [1.165, 1.54) is 25.5 Å². The third-order valence-electron chi connectivity index (χ3n) is 1.50. The van der Waals surface area contributed by atoms with Crippen molar-refractivity contribution in [2.75, 3.05) is 0 Å². The smallest absolute Gasteiger partial charge is 0.325 e. The second-order valence-electron chi connectivity index (χ2n) is 2.55. The molecule has 0 spiro atoms. The molecule has 5 heteroatoms. The molecule has 0 radical (unpaired) electrons. The van der Waals surface area contributed by atoms with Gasteiger partial charge >= 0.3 is 5.97 Å². The summed E-state index contributed by atoms with van der Waals surface area (Å²) in [5, 5.41) is 10.8. The van der Waals surface area contributed by atoms with Gasteiger partial charge in [0.25, 0.3) is 5.91 Å². The lowest BCUT2D eigenvalue weighted by Crippen LogP contribution is -2.38. The zero-order chi connectivity index (χ0) is 9.84. The highest BCUT2D eigenvalue weighted by atomic mass is 16.4. The third-order valence-corrected chi connectivity index (χ3v) is 1.50. The molecule has 0 aliphatic carbocycles. The number of furan rings is 1. The SMILES string of the molecule is C[C@@H](NC(=O)c1ccoc1)C(=O)O. The van der Waals surface area contributed by atoms with Crippen molar-refractivity contribution in [2.24, 2.45) is 0 Å². The van der Waals surface area contributed by atoms with E-state index in [2.05, 4.69) is 9.73 Å². The van der Waals surface area contributed by atoms with E-state index in [4.69, 9.17) is 5.11 Å². The van der Waals surface area contributed by atoms with Crippen molar-refractivity contribution in [1.82, 2.24) is 5.32 Å². The molecule has 0 aliphatic rings. The fraction of sp³-hybridized carbons (Fsp3) is 0.250. The number of amides is 1. The zero-order valence-electron chi connectivity index (χ0n) is 6.98. The van der Waals surface area contributed by atoms with Gasteiger partial charge < -0.3 is 14.8 Å². The van der Waals surface area contributed by atoms with Gasteiger partial charge in [0.05, 0.1) is 11.8 Å². The van der Waals surface area contributed by atoms with Crippen LogP contribution >= 0.6 is 0 Å². The van der Waals surface area contributed by atoms with Crippen molar-refractivity contribution in [3.05, 3.63) is 24.2 Å². The molecular weight excluding hydrogens is 174 g/mol. The van der Waals surface area contributed by atoms with Gasteiger partial charge in [-0.1, -0.05) is 0 Å². The normalized spacial score (nSPS) is 12.1. The van der Waals surface area contributed by atoms with E-state index in [0.29, 0.717) is 5.56 Å². The topological polar surface area (TPSA) is 79.5 Å². The molecule has 1 heterocycles. The molecule has 0 bridgehead atoms. The highest BCUT2D eigenvalue weighted by molar-refractivity contribution is 5.96. The van der Waals surface area contributed by atoms with E-state index in [1.807, 2.05) is 0 Å². The van der Waals surface area contributed by atoms with Gasteiger partial charge in [0.1, 0.15) is 12.3 Å². The maximum Gasteiger partial charge on any atom is 0.325 e. The molecule has 1 amide bonds. The minimum Gasteiger partial charge on any atom is -0.480 e. The highest BCUT2D eigenvalue weighted by Crippen LogP contribution is 1.99. The van der Waals surface area contributed by atoms with Gasteiger partial charge in [0.15, 0.2) is 0 Å². The lowest BCUT2D eigenvalue weighted by atomic mass is 10.3. The zero-order valence-corrected chi connectivity index (χ0v) is 6.98. The third kappa shape index (κ3) is 2.33. The Bertz CT molecular complexity index is 304. The Morgan fingerprint density at radius 3 is 2.77 bits per heavy atom. The van der Waals surface area contributed by atoms with Crippen molar-refractivity contribution in [2.45, 2.75) is 13.0 Å². The minimum absolute atomic E-state index is 0.313. The molecule has 0 aromatic carbocycles. The van der Waals surface area contributed by atoms with Gasteiger partial charge in [-0.15, -0.1) is 0 Å². The Kier molecular flexibility index (Phi) is 2.69. The summed E-state index contributed by atoms with van der Waals surface area (Å²) in [4.78, 5) is 21.6. The summed E-state index contributed by atoms with van der Waals surface area (Å²) in [6.45, 7) is 1.39. The molecule has 1 atom stereocenters. The number of carboxylic acids is 1. The predicted octanol–water partition coefficient (Wildman–Crippen LogP) is 0.483. The summed E-state index contributed by atoms with van der Waals surface area (Å²) in [6.07, 6.45) is 2.60. The van der Waals surface area contributed by atoms with E-state index in [1.54, 1.807) is 0 Å². The highest BCUT2D eigenvalue weighted by Gasteiger charge is 2.15. The number of hydrogen-bond donors (Lipinski definition) is 2. The summed E-state index contributed by atoms with van der Waals surface area (Å²) in [6, 6.07) is 0.562. The van der Waals surface area contributed by atoms with Crippen molar-refractivity contribution >= 4 is 11.9 Å². The lowest BCUT2D eigenvalue weighted by Gasteiger charge is -2.06. The quantitative estimate of drug-likeness (QED) is 0.714. The largest absolute Gasteiger partial charge is 0.480 e. The predicted molar refractivity (Wildman–Crippen MR) is 43.3 cm³/mol. The second-order valence-corrected chi connectivity index (χ2v) is 2.55. The monoisotopic (exact) mass is 183 g/mol. The van der Waals surface area contributed by atoms with Crippen LogP contribution in [0.2, 0.25) is 0 Å². The van der Waals surface area contributed by atoms with Crippen LogP contribution in [0.5, 0.6) is 0 Å². The van der Waals surface area contributed by atoms with Gasteiger partial charge in [0.2, 0.25) is 0 Å². The lowest BCUT2D eigenvalue weighted by molar-refractivity contribution is -0.138. The van der Waals surface area contributed by atoms with Crippen molar-refractivity contribution < 1.29 is 19.1 Å². The van der Waals surface area contributed by atoms with Crippen LogP contribution in [0.25, 0.3) is 0 Å². The molecule has 0 saturated carbocycles. The van der Waals surface area contributed by atoms with Gasteiger partial charge in [-0.05, 0) is 13.0 Å². The Morgan fingerprint density at radius 1 is 1.62 bits per heavy atom. The molecule has 5 nitrogen and oxygen atoms in total. The van der Waals surface area contributed by atoms with Crippen LogP contribution in [0.4, 0.5) is 0 Å². The molecule has 1 rings (SSSR count). The summed E-state index contributed by atoms with van der Waals surface area (Å²) in [5.41, 5.74) is 0.313. The molecule has 0 saturated heterocycles. The number of nitrogens with one attached hydrogen (secondary N) is 1. The Hall–Kier alpha value is -1.78. The summed E-state index contributed by atoms with van der Waals surface area (Å²) >= 11 is 0. The number of carboxylic acid groups (broad SMARTS) is 1. The van der Waals surface area contributed by atoms with Crippen molar-refractivity contribution in [1.29, 1.82) is 0 Å². The van der Waals surface area contributed by atoms with E-state index in [9.17, 15) is 9.59 Å².